The van der Waals surface area contributed by atoms with Gasteiger partial charge in [-0.05, 0) is 59.5 Å². The second-order valence-corrected chi connectivity index (χ2v) is 10.4. The van der Waals surface area contributed by atoms with E-state index in [1.54, 1.807) is 0 Å². The normalized spacial score (nSPS) is 11.5. The molecule has 0 aliphatic rings. The van der Waals surface area contributed by atoms with Gasteiger partial charge in [-0.2, -0.15) is 0 Å². The molecule has 5 nitrogen and oxygen atoms in total. The zero-order valence-electron chi connectivity index (χ0n) is 16.7. The fourth-order valence-electron chi connectivity index (χ4n) is 3.19. The third kappa shape index (κ3) is 5.29. The smallest absolute Gasteiger partial charge is 0.265 e. The van der Waals surface area contributed by atoms with Crippen molar-refractivity contribution in [2.75, 3.05) is 16.3 Å². The van der Waals surface area contributed by atoms with Gasteiger partial charge in [0.25, 0.3) is 5.91 Å². The van der Waals surface area contributed by atoms with Gasteiger partial charge in [0.2, 0.25) is 10.0 Å². The Morgan fingerprint density at radius 2 is 1.73 bits per heavy atom. The van der Waals surface area contributed by atoms with E-state index in [0.717, 1.165) is 35.8 Å². The molecular formula is C22H14ClF3N2O3S2. The van der Waals surface area contributed by atoms with Crippen molar-refractivity contribution >= 4 is 60.3 Å². The first-order valence-corrected chi connectivity index (χ1v) is 12.4. The molecule has 0 spiro atoms. The maximum atomic E-state index is 14.2. The van der Waals surface area contributed by atoms with E-state index in [-0.39, 0.29) is 26.8 Å². The lowest BCUT2D eigenvalue weighted by Gasteiger charge is -2.09. The first-order chi connectivity index (χ1) is 15.5. The summed E-state index contributed by atoms with van der Waals surface area (Å²) in [7, 11) is -3.68. The van der Waals surface area contributed by atoms with Crippen molar-refractivity contribution in [2.45, 2.75) is 0 Å². The monoisotopic (exact) mass is 510 g/mol. The predicted octanol–water partition coefficient (Wildman–Crippen LogP) is 6.26. The lowest BCUT2D eigenvalue weighted by atomic mass is 10.0. The number of fused-ring (bicyclic) bond motifs is 1. The Labute approximate surface area is 195 Å². The van der Waals surface area contributed by atoms with E-state index in [9.17, 15) is 26.4 Å². The number of sulfonamides is 1. The van der Waals surface area contributed by atoms with E-state index < -0.39 is 33.4 Å². The lowest BCUT2D eigenvalue weighted by molar-refractivity contribution is 0.103. The molecule has 0 bridgehead atoms. The van der Waals surface area contributed by atoms with Crippen molar-refractivity contribution in [3.05, 3.63) is 81.9 Å². The predicted molar refractivity (Wildman–Crippen MR) is 125 cm³/mol. The number of rotatable bonds is 5. The minimum atomic E-state index is -3.68. The number of amides is 1. The number of hydrogen-bond donors (Lipinski definition) is 2. The van der Waals surface area contributed by atoms with Crippen LogP contribution in [0.25, 0.3) is 21.2 Å². The molecule has 0 radical (unpaired) electrons. The molecule has 4 aromatic rings. The summed E-state index contributed by atoms with van der Waals surface area (Å²) in [4.78, 5) is 13.0. The molecule has 0 unspecified atom stereocenters. The van der Waals surface area contributed by atoms with Crippen molar-refractivity contribution < 1.29 is 26.4 Å². The van der Waals surface area contributed by atoms with E-state index >= 15 is 0 Å². The molecule has 1 aromatic heterocycles. The first kappa shape index (κ1) is 23.1. The number of thiophene rings is 1. The van der Waals surface area contributed by atoms with Crippen LogP contribution < -0.4 is 10.0 Å². The quantitative estimate of drug-likeness (QED) is 0.332. The Morgan fingerprint density at radius 1 is 0.970 bits per heavy atom. The second kappa shape index (κ2) is 8.69. The van der Waals surface area contributed by atoms with Crippen LogP contribution in [0.5, 0.6) is 0 Å². The van der Waals surface area contributed by atoms with E-state index in [1.807, 2.05) is 0 Å². The van der Waals surface area contributed by atoms with E-state index in [0.29, 0.717) is 15.6 Å². The van der Waals surface area contributed by atoms with Crippen molar-refractivity contribution in [2.24, 2.45) is 0 Å². The minimum Gasteiger partial charge on any atom is -0.321 e. The topological polar surface area (TPSA) is 75.3 Å². The SMILES string of the molecule is CS(=O)(=O)Nc1cc2cc(C(=O)Nc3cc(Cl)cc(-c4ccc(F)cc4F)c3)sc2cc1F. The van der Waals surface area contributed by atoms with Gasteiger partial charge in [-0.15, -0.1) is 11.3 Å². The number of carbonyl (C=O) groups excluding carboxylic acids is 1. The molecule has 2 N–H and O–H groups in total. The Balaban J connectivity index is 1.63. The third-order valence-electron chi connectivity index (χ3n) is 4.52. The van der Waals surface area contributed by atoms with Crippen LogP contribution in [0.2, 0.25) is 5.02 Å². The van der Waals surface area contributed by atoms with Gasteiger partial charge in [0, 0.05) is 27.0 Å². The van der Waals surface area contributed by atoms with Crippen LogP contribution in [0.1, 0.15) is 9.67 Å². The average molecular weight is 511 g/mol. The summed E-state index contributed by atoms with van der Waals surface area (Å²) < 4.78 is 67.0. The number of carbonyl (C=O) groups is 1. The summed E-state index contributed by atoms with van der Waals surface area (Å²) in [5, 5.41) is 3.35. The molecule has 11 heteroatoms. The van der Waals surface area contributed by atoms with Gasteiger partial charge in [-0.1, -0.05) is 11.6 Å². The van der Waals surface area contributed by atoms with Gasteiger partial charge in [-0.25, -0.2) is 21.6 Å². The maximum absolute atomic E-state index is 14.2. The van der Waals surface area contributed by atoms with Crippen molar-refractivity contribution in [1.29, 1.82) is 0 Å². The lowest BCUT2D eigenvalue weighted by Crippen LogP contribution is -2.10. The zero-order chi connectivity index (χ0) is 23.9. The van der Waals surface area contributed by atoms with Crippen LogP contribution in [0.3, 0.4) is 0 Å². The van der Waals surface area contributed by atoms with Crippen molar-refractivity contribution in [3.8, 4) is 11.1 Å². The molecule has 0 saturated carbocycles. The molecule has 170 valence electrons. The summed E-state index contributed by atoms with van der Waals surface area (Å²) >= 11 is 7.13. The molecule has 1 heterocycles. The van der Waals surface area contributed by atoms with Gasteiger partial charge in [-0.3, -0.25) is 9.52 Å². The molecule has 3 aromatic carbocycles. The number of anilines is 2. The minimum absolute atomic E-state index is 0.109. The summed E-state index contributed by atoms with van der Waals surface area (Å²) in [5.41, 5.74) is 0.493. The second-order valence-electron chi connectivity index (χ2n) is 7.16. The zero-order valence-corrected chi connectivity index (χ0v) is 19.1. The van der Waals surface area contributed by atoms with Gasteiger partial charge in [0.15, 0.2) is 0 Å². The van der Waals surface area contributed by atoms with E-state index in [1.165, 1.54) is 36.4 Å². The van der Waals surface area contributed by atoms with Gasteiger partial charge < -0.3 is 5.32 Å². The molecular weight excluding hydrogens is 497 g/mol. The molecule has 0 atom stereocenters. The molecule has 1 amide bonds. The van der Waals surface area contributed by atoms with Crippen LogP contribution in [-0.2, 0) is 10.0 Å². The van der Waals surface area contributed by atoms with Gasteiger partial charge in [0.05, 0.1) is 16.8 Å². The van der Waals surface area contributed by atoms with Crippen LogP contribution >= 0.6 is 22.9 Å². The summed E-state index contributed by atoms with van der Waals surface area (Å²) in [6, 6.07) is 11.5. The van der Waals surface area contributed by atoms with E-state index in [2.05, 4.69) is 10.0 Å². The molecule has 4 rings (SSSR count). The molecule has 0 aliphatic carbocycles. The highest BCUT2D eigenvalue weighted by Gasteiger charge is 2.16. The average Bonchev–Trinajstić information content (AvgIpc) is 3.09. The van der Waals surface area contributed by atoms with Crippen molar-refractivity contribution in [3.63, 3.8) is 0 Å². The highest BCUT2D eigenvalue weighted by Crippen LogP contribution is 2.33. The number of hydrogen-bond acceptors (Lipinski definition) is 4. The summed E-state index contributed by atoms with van der Waals surface area (Å²) in [6.45, 7) is 0. The van der Waals surface area contributed by atoms with E-state index in [4.69, 9.17) is 11.6 Å². The maximum Gasteiger partial charge on any atom is 0.265 e. The number of benzene rings is 3. The fourth-order valence-corrected chi connectivity index (χ4v) is 4.94. The molecule has 0 saturated heterocycles. The summed E-state index contributed by atoms with van der Waals surface area (Å²) in [5.74, 6) is -2.80. The van der Waals surface area contributed by atoms with Gasteiger partial charge in [0.1, 0.15) is 17.5 Å². The van der Waals surface area contributed by atoms with Crippen LogP contribution in [-0.4, -0.2) is 20.6 Å². The van der Waals surface area contributed by atoms with Crippen LogP contribution in [0, 0.1) is 17.5 Å². The van der Waals surface area contributed by atoms with Crippen molar-refractivity contribution in [1.82, 2.24) is 0 Å². The molecule has 0 aliphatic heterocycles. The Hall–Kier alpha value is -3.08. The number of nitrogens with one attached hydrogen (secondary N) is 2. The largest absolute Gasteiger partial charge is 0.321 e. The molecule has 0 fully saturated rings. The Morgan fingerprint density at radius 3 is 2.42 bits per heavy atom. The Bertz CT molecular complexity index is 1520. The first-order valence-electron chi connectivity index (χ1n) is 9.27. The van der Waals surface area contributed by atoms with Crippen LogP contribution in [0.4, 0.5) is 24.5 Å². The highest BCUT2D eigenvalue weighted by molar-refractivity contribution is 7.92. The van der Waals surface area contributed by atoms with Gasteiger partial charge >= 0.3 is 0 Å². The summed E-state index contributed by atoms with van der Waals surface area (Å²) in [6.07, 6.45) is 0.903. The molecule has 33 heavy (non-hydrogen) atoms. The number of halogens is 4. The fraction of sp³-hybridized carbons (Fsp3) is 0.0455. The Kier molecular flexibility index (Phi) is 6.08. The standard InChI is InChI=1S/C22H14ClF3N2O3S2/c1-33(30,31)28-19-6-12-7-21(32-20(12)10-18(19)26)22(29)27-15-5-11(4-13(23)8-15)16-3-2-14(24)9-17(16)25/h2-10,28H,1H3,(H,27,29). The third-order valence-corrected chi connectivity index (χ3v) is 6.43. The van der Waals surface area contributed by atoms with Crippen LogP contribution in [0.15, 0.2) is 54.6 Å². The highest BCUT2D eigenvalue weighted by atomic mass is 35.5.